The number of anilines is 2. The van der Waals surface area contributed by atoms with Crippen LogP contribution in [-0.2, 0) is 11.2 Å². The number of carboxylic acids is 1. The van der Waals surface area contributed by atoms with E-state index in [0.717, 1.165) is 25.9 Å². The molecule has 1 fully saturated rings. The molecule has 0 spiro atoms. The van der Waals surface area contributed by atoms with Crippen molar-refractivity contribution < 1.29 is 19.0 Å². The van der Waals surface area contributed by atoms with E-state index < -0.39 is 11.8 Å². The Kier molecular flexibility index (Phi) is 5.98. The van der Waals surface area contributed by atoms with Crippen LogP contribution in [0.2, 0.25) is 0 Å². The summed E-state index contributed by atoms with van der Waals surface area (Å²) in [6, 6.07) is 4.64. The van der Waals surface area contributed by atoms with E-state index in [0.29, 0.717) is 27.8 Å². The van der Waals surface area contributed by atoms with Crippen molar-refractivity contribution in [1.29, 1.82) is 0 Å². The van der Waals surface area contributed by atoms with Crippen molar-refractivity contribution in [3.63, 3.8) is 0 Å². The molecule has 8 nitrogen and oxygen atoms in total. The summed E-state index contributed by atoms with van der Waals surface area (Å²) in [7, 11) is 1.62. The average molecular weight is 478 g/mol. The number of carbonyl (C=O) groups is 1. The number of aromatic carboxylic acids is 1. The Balaban J connectivity index is 1.79. The molecular weight excluding hydrogens is 457 g/mol. The first kappa shape index (κ1) is 20.7. The molecule has 1 saturated heterocycles. The molecule has 1 aromatic carbocycles. The van der Waals surface area contributed by atoms with Crippen LogP contribution in [0.1, 0.15) is 28.8 Å². The quantitative estimate of drug-likeness (QED) is 0.535. The van der Waals surface area contributed by atoms with Crippen molar-refractivity contribution in [3.8, 4) is 0 Å². The number of ether oxygens (including phenoxy) is 1. The van der Waals surface area contributed by atoms with Crippen LogP contribution in [0, 0.1) is 5.82 Å². The maximum atomic E-state index is 14.4. The van der Waals surface area contributed by atoms with E-state index >= 15 is 0 Å². The highest BCUT2D eigenvalue weighted by atomic mass is 79.9. The third-order valence-electron chi connectivity index (χ3n) is 5.29. The molecule has 30 heavy (non-hydrogen) atoms. The van der Waals surface area contributed by atoms with Crippen LogP contribution in [0.15, 0.2) is 35.2 Å². The van der Waals surface area contributed by atoms with Gasteiger partial charge in [0.2, 0.25) is 0 Å². The molecule has 0 amide bonds. The third kappa shape index (κ3) is 4.03. The Morgan fingerprint density at radius 3 is 2.83 bits per heavy atom. The number of carboxylic acid groups (broad SMARTS) is 1. The molecule has 1 aliphatic heterocycles. The predicted molar refractivity (Wildman–Crippen MR) is 113 cm³/mol. The molecule has 3 aromatic rings. The second-order valence-corrected chi connectivity index (χ2v) is 8.03. The van der Waals surface area contributed by atoms with Gasteiger partial charge in [0.25, 0.3) is 0 Å². The molecule has 2 aromatic heterocycles. The minimum atomic E-state index is -1.06. The summed E-state index contributed by atoms with van der Waals surface area (Å²) in [4.78, 5) is 18.4. The Hall–Kier alpha value is -2.56. The van der Waals surface area contributed by atoms with Crippen molar-refractivity contribution in [1.82, 2.24) is 19.5 Å². The summed E-state index contributed by atoms with van der Waals surface area (Å²) in [5.41, 5.74) is 1.38. The lowest BCUT2D eigenvalue weighted by Gasteiger charge is -2.26. The van der Waals surface area contributed by atoms with E-state index in [1.807, 2.05) is 0 Å². The van der Waals surface area contributed by atoms with Gasteiger partial charge in [0.05, 0.1) is 11.3 Å². The number of likely N-dealkylation sites (tertiary alicyclic amines) is 1. The molecule has 2 N–H and O–H groups in total. The first-order valence-electron chi connectivity index (χ1n) is 9.55. The molecule has 10 heteroatoms. The number of hydrogen-bond donors (Lipinski definition) is 2. The molecule has 0 saturated carbocycles. The lowest BCUT2D eigenvalue weighted by molar-refractivity contribution is -0.0183. The van der Waals surface area contributed by atoms with Crippen LogP contribution in [-0.4, -0.2) is 57.0 Å². The average Bonchev–Trinajstić information content (AvgIpc) is 3.37. The molecule has 0 radical (unpaired) electrons. The van der Waals surface area contributed by atoms with Crippen LogP contribution in [0.3, 0.4) is 0 Å². The van der Waals surface area contributed by atoms with Crippen molar-refractivity contribution in [2.45, 2.75) is 25.5 Å². The number of rotatable bonds is 7. The second-order valence-electron chi connectivity index (χ2n) is 7.12. The van der Waals surface area contributed by atoms with Gasteiger partial charge >= 0.3 is 5.97 Å². The molecule has 0 aliphatic carbocycles. The summed E-state index contributed by atoms with van der Waals surface area (Å²) >= 11 is 3.24. The zero-order valence-electron chi connectivity index (χ0n) is 16.3. The number of nitrogens with zero attached hydrogens (tertiary/aromatic N) is 4. The summed E-state index contributed by atoms with van der Waals surface area (Å²) in [6.45, 7) is 1.80. The Bertz CT molecular complexity index is 1080. The number of methoxy groups -OCH3 is 1. The lowest BCUT2D eigenvalue weighted by Crippen LogP contribution is -2.36. The summed E-state index contributed by atoms with van der Waals surface area (Å²) in [5.74, 6) is -1.20. The zero-order valence-corrected chi connectivity index (χ0v) is 17.9. The number of halogens is 2. The van der Waals surface area contributed by atoms with Crippen LogP contribution in [0.4, 0.5) is 15.9 Å². The first-order chi connectivity index (χ1) is 14.5. The van der Waals surface area contributed by atoms with Crippen LogP contribution in [0.5, 0.6) is 0 Å². The summed E-state index contributed by atoms with van der Waals surface area (Å²) in [6.07, 6.45) is 5.00. The second kappa shape index (κ2) is 8.66. The monoisotopic (exact) mass is 477 g/mol. The van der Waals surface area contributed by atoms with Gasteiger partial charge in [-0.1, -0.05) is 15.9 Å². The number of benzene rings is 1. The van der Waals surface area contributed by atoms with Gasteiger partial charge in [-0.25, -0.2) is 18.7 Å². The number of hydrogen-bond acceptors (Lipinski definition) is 6. The topological polar surface area (TPSA) is 92.0 Å². The highest BCUT2D eigenvalue weighted by Crippen LogP contribution is 2.30. The van der Waals surface area contributed by atoms with Gasteiger partial charge in [0.1, 0.15) is 23.9 Å². The maximum Gasteiger partial charge on any atom is 0.337 e. The Morgan fingerprint density at radius 2 is 2.17 bits per heavy atom. The fraction of sp³-hybridized carbons (Fsp3) is 0.350. The van der Waals surface area contributed by atoms with E-state index in [1.54, 1.807) is 19.2 Å². The van der Waals surface area contributed by atoms with E-state index in [2.05, 4.69) is 36.2 Å². The SMILES string of the molecule is COC(Cc1c(C(=O)O)cn2ncnc(Nc3ccc(Br)cc3F)c12)N1CCCC1. The largest absolute Gasteiger partial charge is 0.478 e. The maximum absolute atomic E-state index is 14.4. The molecule has 3 heterocycles. The molecule has 0 bridgehead atoms. The molecule has 1 unspecified atom stereocenters. The molecule has 158 valence electrons. The highest BCUT2D eigenvalue weighted by molar-refractivity contribution is 9.10. The minimum absolute atomic E-state index is 0.121. The van der Waals surface area contributed by atoms with Crippen molar-refractivity contribution in [2.24, 2.45) is 0 Å². The van der Waals surface area contributed by atoms with Gasteiger partial charge in [-0.05, 0) is 31.0 Å². The Labute approximate surface area is 180 Å². The first-order valence-corrected chi connectivity index (χ1v) is 10.3. The van der Waals surface area contributed by atoms with Crippen molar-refractivity contribution in [3.05, 3.63) is 52.1 Å². The van der Waals surface area contributed by atoms with E-state index in [1.165, 1.54) is 23.1 Å². The van der Waals surface area contributed by atoms with Crippen molar-refractivity contribution >= 4 is 38.9 Å². The standard InChI is InChI=1S/C20H21BrFN5O3/c1-30-17(26-6-2-3-7-26)9-13-14(20(28)29)10-27-18(13)19(23-11-24-27)25-16-5-4-12(21)8-15(16)22/h4-5,8,10-11,17H,2-3,6-7,9H2,1H3,(H,28,29)(H,23,24,25). The molecule has 1 aliphatic rings. The zero-order chi connectivity index (χ0) is 21.3. The fourth-order valence-corrected chi connectivity index (χ4v) is 4.17. The van der Waals surface area contributed by atoms with Gasteiger partial charge in [-0.3, -0.25) is 4.90 Å². The van der Waals surface area contributed by atoms with Gasteiger partial charge in [-0.2, -0.15) is 5.10 Å². The van der Waals surface area contributed by atoms with Gasteiger partial charge < -0.3 is 15.2 Å². The molecular formula is C20H21BrFN5O3. The predicted octanol–water partition coefficient (Wildman–Crippen LogP) is 3.68. The normalized spacial score (nSPS) is 15.6. The number of aromatic nitrogens is 3. The number of fused-ring (bicyclic) bond motifs is 1. The molecule has 1 atom stereocenters. The van der Waals surface area contributed by atoms with Crippen molar-refractivity contribution in [2.75, 3.05) is 25.5 Å². The van der Waals surface area contributed by atoms with Gasteiger partial charge in [0, 0.05) is 42.9 Å². The van der Waals surface area contributed by atoms with E-state index in [9.17, 15) is 14.3 Å². The molecule has 4 rings (SSSR count). The summed E-state index contributed by atoms with van der Waals surface area (Å²) in [5, 5.41) is 16.9. The van der Waals surface area contributed by atoms with E-state index in [-0.39, 0.29) is 17.5 Å². The highest BCUT2D eigenvalue weighted by Gasteiger charge is 2.27. The Morgan fingerprint density at radius 1 is 1.40 bits per heavy atom. The van der Waals surface area contributed by atoms with E-state index in [4.69, 9.17) is 4.74 Å². The smallest absolute Gasteiger partial charge is 0.337 e. The fourth-order valence-electron chi connectivity index (χ4n) is 3.84. The third-order valence-corrected chi connectivity index (χ3v) is 5.79. The lowest BCUT2D eigenvalue weighted by atomic mass is 10.1. The van der Waals surface area contributed by atoms with Crippen LogP contribution < -0.4 is 5.32 Å². The van der Waals surface area contributed by atoms with Gasteiger partial charge in [-0.15, -0.1) is 0 Å². The number of nitrogens with one attached hydrogen (secondary N) is 1. The van der Waals surface area contributed by atoms with Crippen LogP contribution >= 0.6 is 15.9 Å². The van der Waals surface area contributed by atoms with Gasteiger partial charge in [0.15, 0.2) is 5.82 Å². The summed E-state index contributed by atoms with van der Waals surface area (Å²) < 4.78 is 22.1. The minimum Gasteiger partial charge on any atom is -0.478 e. The van der Waals surface area contributed by atoms with Crippen LogP contribution in [0.25, 0.3) is 5.52 Å².